The van der Waals surface area contributed by atoms with Crippen molar-refractivity contribution in [3.05, 3.63) is 104 Å². The van der Waals surface area contributed by atoms with E-state index in [0.717, 1.165) is 0 Å². The van der Waals surface area contributed by atoms with E-state index in [0.29, 0.717) is 0 Å². The average Bonchev–Trinajstić information content (AvgIpc) is 2.85. The highest BCUT2D eigenvalue weighted by molar-refractivity contribution is 5.75. The van der Waals surface area contributed by atoms with E-state index in [2.05, 4.69) is 88.2 Å². The molecule has 0 bridgehead atoms. The molecule has 0 aliphatic rings. The summed E-state index contributed by atoms with van der Waals surface area (Å²) >= 11 is 0. The van der Waals surface area contributed by atoms with Crippen LogP contribution in [0.1, 0.15) is 74.3 Å². The first-order chi connectivity index (χ1) is 14.7. The quantitative estimate of drug-likeness (QED) is 0.441. The Bertz CT molecular complexity index is 607. The Morgan fingerprint density at radius 3 is 1.33 bits per heavy atom. The highest BCUT2D eigenvalue weighted by Crippen LogP contribution is 2.22. The van der Waals surface area contributed by atoms with Crippen LogP contribution in [-0.2, 0) is 0 Å². The summed E-state index contributed by atoms with van der Waals surface area (Å²) < 4.78 is 0. The van der Waals surface area contributed by atoms with Gasteiger partial charge in [0.1, 0.15) is 0 Å². The zero-order valence-electron chi connectivity index (χ0n) is 21.3. The fourth-order valence-electron chi connectivity index (χ4n) is 1.89. The van der Waals surface area contributed by atoms with Crippen LogP contribution in [0.15, 0.2) is 98.6 Å². The molecule has 0 unspecified atom stereocenters. The molecule has 0 aliphatic carbocycles. The van der Waals surface area contributed by atoms with Crippen LogP contribution in [0.25, 0.3) is 16.7 Å². The van der Waals surface area contributed by atoms with Crippen molar-refractivity contribution in [2.24, 2.45) is 0 Å². The van der Waals surface area contributed by atoms with E-state index in [1.54, 1.807) is 12.2 Å². The molecule has 168 valence electrons. The maximum atomic E-state index is 3.82. The summed E-state index contributed by atoms with van der Waals surface area (Å²) in [5, 5.41) is 0. The first-order valence-corrected chi connectivity index (χ1v) is 11.4. The molecular weight excluding hydrogens is 360 g/mol. The van der Waals surface area contributed by atoms with E-state index in [-0.39, 0.29) is 0 Å². The molecule has 0 heterocycles. The molecule has 0 amide bonds. The van der Waals surface area contributed by atoms with Crippen molar-refractivity contribution >= 4 is 5.57 Å². The van der Waals surface area contributed by atoms with Crippen LogP contribution in [-0.4, -0.2) is 0 Å². The van der Waals surface area contributed by atoms with Gasteiger partial charge in [-0.3, -0.25) is 0 Å². The third kappa shape index (κ3) is 18.7. The smallest absolute Gasteiger partial charge is 0.0184 e. The van der Waals surface area contributed by atoms with Gasteiger partial charge in [-0.15, -0.1) is 0 Å². The van der Waals surface area contributed by atoms with Gasteiger partial charge in [-0.2, -0.15) is 0 Å². The van der Waals surface area contributed by atoms with Crippen molar-refractivity contribution < 1.29 is 0 Å². The first-order valence-electron chi connectivity index (χ1n) is 11.4. The predicted molar refractivity (Wildman–Crippen MR) is 146 cm³/mol. The zero-order valence-corrected chi connectivity index (χ0v) is 21.3. The molecule has 0 heteroatoms. The first kappa shape index (κ1) is 34.9. The van der Waals surface area contributed by atoms with Crippen LogP contribution in [0.3, 0.4) is 0 Å². The van der Waals surface area contributed by atoms with Gasteiger partial charge >= 0.3 is 0 Å². The van der Waals surface area contributed by atoms with Crippen molar-refractivity contribution in [2.75, 3.05) is 0 Å². The van der Waals surface area contributed by atoms with Crippen LogP contribution in [0, 0.1) is 0 Å². The van der Waals surface area contributed by atoms with Gasteiger partial charge in [0.2, 0.25) is 0 Å². The topological polar surface area (TPSA) is 0 Å². The van der Waals surface area contributed by atoms with Crippen molar-refractivity contribution in [3.63, 3.8) is 0 Å². The van der Waals surface area contributed by atoms with Crippen molar-refractivity contribution in [1.29, 1.82) is 0 Å². The molecule has 2 aromatic rings. The third-order valence-corrected chi connectivity index (χ3v) is 3.02. The summed E-state index contributed by atoms with van der Waals surface area (Å²) in [6.45, 7) is 28.8. The van der Waals surface area contributed by atoms with E-state index in [4.69, 9.17) is 0 Å². The molecule has 0 saturated heterocycles. The summed E-state index contributed by atoms with van der Waals surface area (Å²) in [6, 6.07) is 19.0. The predicted octanol–water partition coefficient (Wildman–Crippen LogP) is 10.8. The zero-order chi connectivity index (χ0) is 24.2. The van der Waals surface area contributed by atoms with Crippen molar-refractivity contribution in [1.82, 2.24) is 0 Å². The summed E-state index contributed by atoms with van der Waals surface area (Å²) in [5.41, 5.74) is 4.88. The Kier molecular flexibility index (Phi) is 36.2. The molecule has 0 fully saturated rings. The number of hydrogen-bond acceptors (Lipinski definition) is 0. The molecular formula is C30H48. The molecule has 0 radical (unpaired) electrons. The molecule has 0 aromatic heterocycles. The number of benzene rings is 2. The number of hydrogen-bond donors (Lipinski definition) is 0. The lowest BCUT2D eigenvalue weighted by atomic mass is 10.0. The highest BCUT2D eigenvalue weighted by atomic mass is 14.0. The Morgan fingerprint density at radius 1 is 0.667 bits per heavy atom. The third-order valence-electron chi connectivity index (χ3n) is 3.02. The Labute approximate surface area is 189 Å². The van der Waals surface area contributed by atoms with E-state index in [1.165, 1.54) is 28.7 Å². The second-order valence-corrected chi connectivity index (χ2v) is 5.07. The summed E-state index contributed by atoms with van der Waals surface area (Å²) in [6.07, 6.45) is 8.49. The Morgan fingerprint density at radius 2 is 1.03 bits per heavy atom. The van der Waals surface area contributed by atoms with Crippen molar-refractivity contribution in [2.45, 2.75) is 68.7 Å². The molecule has 0 N–H and O–H groups in total. The lowest BCUT2D eigenvalue weighted by molar-refractivity contribution is 1.09. The minimum atomic E-state index is 1.17. The van der Waals surface area contributed by atoms with Crippen LogP contribution in [0.5, 0.6) is 0 Å². The van der Waals surface area contributed by atoms with Gasteiger partial charge in [0.15, 0.2) is 0 Å². The van der Waals surface area contributed by atoms with Gasteiger partial charge in [-0.05, 0) is 29.2 Å². The maximum Gasteiger partial charge on any atom is -0.0184 e. The van der Waals surface area contributed by atoms with Crippen LogP contribution in [0.2, 0.25) is 0 Å². The van der Waals surface area contributed by atoms with Gasteiger partial charge < -0.3 is 0 Å². The fourth-order valence-corrected chi connectivity index (χ4v) is 1.89. The molecule has 0 atom stereocenters. The largest absolute Gasteiger partial charge is 0.0991 e. The Balaban J connectivity index is -0.000000219. The molecule has 30 heavy (non-hydrogen) atoms. The molecule has 2 aromatic carbocycles. The number of rotatable bonds is 4. The number of allylic oxidation sites excluding steroid dienone is 5. The minimum absolute atomic E-state index is 1.17. The van der Waals surface area contributed by atoms with E-state index in [1.807, 2.05) is 60.6 Å². The molecule has 0 aliphatic heterocycles. The Hall–Kier alpha value is -2.60. The normalized spacial score (nSPS) is 8.23. The van der Waals surface area contributed by atoms with Crippen LogP contribution >= 0.6 is 0 Å². The van der Waals surface area contributed by atoms with Crippen molar-refractivity contribution in [3.8, 4) is 11.1 Å². The van der Waals surface area contributed by atoms with Gasteiger partial charge in [0.05, 0.1) is 0 Å². The van der Waals surface area contributed by atoms with Gasteiger partial charge in [-0.25, -0.2) is 0 Å². The van der Waals surface area contributed by atoms with Gasteiger partial charge in [-0.1, -0.05) is 160 Å². The second kappa shape index (κ2) is 31.1. The summed E-state index contributed by atoms with van der Waals surface area (Å²) in [4.78, 5) is 0. The van der Waals surface area contributed by atoms with Crippen LogP contribution < -0.4 is 0 Å². The van der Waals surface area contributed by atoms with Crippen LogP contribution in [0.4, 0.5) is 0 Å². The summed E-state index contributed by atoms with van der Waals surface area (Å²) in [7, 11) is 0. The second-order valence-electron chi connectivity index (χ2n) is 5.07. The molecule has 0 saturated carbocycles. The van der Waals surface area contributed by atoms with Gasteiger partial charge in [0.25, 0.3) is 0 Å². The van der Waals surface area contributed by atoms with E-state index in [9.17, 15) is 0 Å². The van der Waals surface area contributed by atoms with E-state index >= 15 is 0 Å². The highest BCUT2D eigenvalue weighted by Gasteiger charge is 1.98. The SMILES string of the molecule is C=C/C(=C\C)c1ccc(-c2ccccc2)cc1.C=CC=C.CC.CC.CC.CCC. The summed E-state index contributed by atoms with van der Waals surface area (Å²) in [5.74, 6) is 0. The standard InChI is InChI=1S/C17H16.C4H6.C3H8.3C2H6/c1-3-14(4-2)16-10-12-17(13-11-16)15-8-6-5-7-9-15;1-3-4-2;1-3-2;3*1-2/h3-13H,1H2,2H3;3-4H,1-2H2;3H2,1-2H3;3*1-2H3/b14-4+;;;;;. The average molecular weight is 409 g/mol. The lowest BCUT2D eigenvalue weighted by Crippen LogP contribution is -1.81. The molecule has 0 nitrogen and oxygen atoms in total. The lowest BCUT2D eigenvalue weighted by Gasteiger charge is -2.05. The minimum Gasteiger partial charge on any atom is -0.0991 e. The molecule has 2 rings (SSSR count). The molecule has 0 spiro atoms. The van der Waals surface area contributed by atoms with Gasteiger partial charge in [0, 0.05) is 0 Å². The maximum absolute atomic E-state index is 3.82. The van der Waals surface area contributed by atoms with E-state index < -0.39 is 0 Å². The monoisotopic (exact) mass is 408 g/mol. The fraction of sp³-hybridized carbons (Fsp3) is 0.333.